The number of rotatable bonds is 8. The summed E-state index contributed by atoms with van der Waals surface area (Å²) >= 11 is 0. The first kappa shape index (κ1) is 26.6. The molecule has 0 aromatic heterocycles. The van der Waals surface area contributed by atoms with Crippen molar-refractivity contribution < 1.29 is 53.4 Å². The number of phenols is 2. The minimum absolute atomic E-state index is 0.107. The van der Waals surface area contributed by atoms with Crippen LogP contribution in [0.15, 0.2) is 48.6 Å². The average Bonchev–Trinajstić information content (AvgIpc) is 2.87. The highest BCUT2D eigenvalue weighted by molar-refractivity contribution is 5.89. The fourth-order valence-electron chi connectivity index (χ4n) is 4.32. The van der Waals surface area contributed by atoms with Gasteiger partial charge in [-0.15, -0.1) is 0 Å². The van der Waals surface area contributed by atoms with Crippen molar-refractivity contribution >= 4 is 30.1 Å². The molecule has 0 radical (unpaired) electrons. The van der Waals surface area contributed by atoms with E-state index in [4.69, 9.17) is 23.7 Å². The number of methoxy groups -OCH3 is 2. The van der Waals surface area contributed by atoms with Crippen LogP contribution >= 0.6 is 0 Å². The summed E-state index contributed by atoms with van der Waals surface area (Å²) in [6.45, 7) is 0. The molecule has 3 N–H and O–H groups in total. The van der Waals surface area contributed by atoms with Gasteiger partial charge in [0.2, 0.25) is 0 Å². The molecule has 3 fully saturated rings. The minimum Gasteiger partial charge on any atom is -0.504 e. The first-order valence-corrected chi connectivity index (χ1v) is 11.6. The lowest BCUT2D eigenvalue weighted by Crippen LogP contribution is -2.65. The molecular weight excluding hydrogens is 500 g/mol. The van der Waals surface area contributed by atoms with Crippen LogP contribution in [0.1, 0.15) is 24.0 Å². The molecule has 2 aromatic carbocycles. The van der Waals surface area contributed by atoms with Crippen molar-refractivity contribution in [3.63, 3.8) is 0 Å². The Morgan fingerprint density at radius 1 is 0.868 bits per heavy atom. The monoisotopic (exact) mass is 526 g/mol. The number of carbonyl (C=O) groups is 3. The third kappa shape index (κ3) is 5.73. The molecule has 0 amide bonds. The fraction of sp³-hybridized carbons (Fsp3) is 0.296. The molecule has 11 heteroatoms. The summed E-state index contributed by atoms with van der Waals surface area (Å²) in [7, 11) is 2.82. The van der Waals surface area contributed by atoms with Crippen LogP contribution in [0, 0.1) is 0 Å². The van der Waals surface area contributed by atoms with E-state index in [1.165, 1.54) is 50.6 Å². The zero-order chi connectivity index (χ0) is 27.4. The van der Waals surface area contributed by atoms with Crippen molar-refractivity contribution in [2.75, 3.05) is 14.2 Å². The van der Waals surface area contributed by atoms with Crippen molar-refractivity contribution in [1.29, 1.82) is 0 Å². The van der Waals surface area contributed by atoms with Gasteiger partial charge in [-0.3, -0.25) is 0 Å². The standard InChI is InChI=1S/C27H26O11/c1-34-19-7-3-15(11-17(19)28)5-9-23(30)36-21-13-27(33)14-22(25(21)38-26(27)32)37-24(31)10-6-16-4-8-20(35-2)18(29)12-16/h3-12,21-22,25,28-29,33H,13-14H2,1-2H3/b9-5+,10-6+. The van der Waals surface area contributed by atoms with E-state index in [2.05, 4.69) is 0 Å². The Bertz CT molecular complexity index is 1210. The van der Waals surface area contributed by atoms with E-state index >= 15 is 0 Å². The Morgan fingerprint density at radius 3 is 1.68 bits per heavy atom. The van der Waals surface area contributed by atoms with Crippen LogP contribution in [-0.2, 0) is 28.6 Å². The summed E-state index contributed by atoms with van der Waals surface area (Å²) in [5.74, 6) is -2.13. The molecule has 2 heterocycles. The van der Waals surface area contributed by atoms with Gasteiger partial charge in [-0.05, 0) is 47.5 Å². The number of phenolic OH excluding ortho intramolecular Hbond substituents is 2. The zero-order valence-electron chi connectivity index (χ0n) is 20.5. The van der Waals surface area contributed by atoms with Gasteiger partial charge in [0.15, 0.2) is 34.7 Å². The van der Waals surface area contributed by atoms with Crippen LogP contribution in [0.4, 0.5) is 0 Å². The molecular formula is C27H26O11. The van der Waals surface area contributed by atoms with Crippen molar-refractivity contribution in [3.8, 4) is 23.0 Å². The van der Waals surface area contributed by atoms with Gasteiger partial charge >= 0.3 is 17.9 Å². The molecule has 1 saturated carbocycles. The topological polar surface area (TPSA) is 158 Å². The third-order valence-corrected chi connectivity index (χ3v) is 6.20. The number of carbonyl (C=O) groups excluding carboxylic acids is 3. The molecule has 2 atom stereocenters. The highest BCUT2D eigenvalue weighted by Crippen LogP contribution is 2.41. The van der Waals surface area contributed by atoms with Crippen molar-refractivity contribution in [1.82, 2.24) is 0 Å². The SMILES string of the molecule is COc1ccc(/C=C/C(=O)OC2CC3(O)CC(OC(=O)/C=C/c4ccc(OC)c(O)c4)C2OC3=O)cc1O. The van der Waals surface area contributed by atoms with Crippen LogP contribution < -0.4 is 9.47 Å². The maximum Gasteiger partial charge on any atom is 0.338 e. The second-order valence-corrected chi connectivity index (χ2v) is 8.79. The van der Waals surface area contributed by atoms with Crippen LogP contribution in [0.2, 0.25) is 0 Å². The Balaban J connectivity index is 1.41. The first-order valence-electron chi connectivity index (χ1n) is 11.6. The average molecular weight is 526 g/mol. The zero-order valence-corrected chi connectivity index (χ0v) is 20.5. The molecule has 2 saturated heterocycles. The Labute approximate surface area is 217 Å². The molecule has 2 aromatic rings. The summed E-state index contributed by atoms with van der Waals surface area (Å²) < 4.78 is 26.0. The van der Waals surface area contributed by atoms with E-state index in [1.807, 2.05) is 0 Å². The highest BCUT2D eigenvalue weighted by atomic mass is 16.6. The summed E-state index contributed by atoms with van der Waals surface area (Å²) in [5, 5.41) is 30.5. The summed E-state index contributed by atoms with van der Waals surface area (Å²) in [6, 6.07) is 9.08. The predicted octanol–water partition coefficient (Wildman–Crippen LogP) is 2.12. The lowest BCUT2D eigenvalue weighted by molar-refractivity contribution is -0.247. The molecule has 11 nitrogen and oxygen atoms in total. The van der Waals surface area contributed by atoms with E-state index in [1.54, 1.807) is 12.1 Å². The maximum absolute atomic E-state index is 12.4. The quantitative estimate of drug-likeness (QED) is 0.263. The number of fused-ring (bicyclic) bond motifs is 3. The Kier molecular flexibility index (Phi) is 7.58. The molecule has 0 spiro atoms. The number of hydrogen-bond donors (Lipinski definition) is 3. The van der Waals surface area contributed by atoms with Gasteiger partial charge in [-0.25, -0.2) is 14.4 Å². The Hall–Kier alpha value is -4.51. The van der Waals surface area contributed by atoms with E-state index in [0.29, 0.717) is 11.1 Å². The van der Waals surface area contributed by atoms with Crippen LogP contribution in [-0.4, -0.2) is 71.4 Å². The Morgan fingerprint density at radius 2 is 1.32 bits per heavy atom. The van der Waals surface area contributed by atoms with Crippen molar-refractivity contribution in [3.05, 3.63) is 59.7 Å². The van der Waals surface area contributed by atoms with Gasteiger partial charge in [0, 0.05) is 25.0 Å². The minimum atomic E-state index is -1.98. The molecule has 200 valence electrons. The lowest BCUT2D eigenvalue weighted by atomic mass is 9.76. The van der Waals surface area contributed by atoms with E-state index in [-0.39, 0.29) is 35.8 Å². The molecule has 3 aliphatic rings. The maximum atomic E-state index is 12.4. The van der Waals surface area contributed by atoms with Crippen molar-refractivity contribution in [2.24, 2.45) is 0 Å². The van der Waals surface area contributed by atoms with Gasteiger partial charge in [0.1, 0.15) is 12.2 Å². The number of esters is 3. The largest absolute Gasteiger partial charge is 0.504 e. The number of hydrogen-bond acceptors (Lipinski definition) is 11. The summed E-state index contributed by atoms with van der Waals surface area (Å²) in [5.41, 5.74) is -0.986. The number of aromatic hydroxyl groups is 2. The smallest absolute Gasteiger partial charge is 0.338 e. The van der Waals surface area contributed by atoms with Gasteiger partial charge < -0.3 is 39.0 Å². The number of ether oxygens (including phenoxy) is 5. The highest BCUT2D eigenvalue weighted by Gasteiger charge is 2.60. The van der Waals surface area contributed by atoms with Gasteiger partial charge in [-0.2, -0.15) is 0 Å². The second-order valence-electron chi connectivity index (χ2n) is 8.79. The fourth-order valence-corrected chi connectivity index (χ4v) is 4.32. The number of aliphatic hydroxyl groups is 1. The van der Waals surface area contributed by atoms with Gasteiger partial charge in [0.05, 0.1) is 14.2 Å². The third-order valence-electron chi connectivity index (χ3n) is 6.20. The van der Waals surface area contributed by atoms with Gasteiger partial charge in [-0.1, -0.05) is 12.1 Å². The predicted molar refractivity (Wildman–Crippen MR) is 131 cm³/mol. The molecule has 2 unspecified atom stereocenters. The molecule has 1 aliphatic carbocycles. The van der Waals surface area contributed by atoms with Crippen LogP contribution in [0.3, 0.4) is 0 Å². The lowest BCUT2D eigenvalue weighted by Gasteiger charge is -2.48. The van der Waals surface area contributed by atoms with Crippen LogP contribution in [0.25, 0.3) is 12.2 Å². The van der Waals surface area contributed by atoms with E-state index < -0.39 is 41.8 Å². The molecule has 2 aliphatic heterocycles. The van der Waals surface area contributed by atoms with E-state index in [9.17, 15) is 29.7 Å². The second kappa shape index (κ2) is 10.9. The normalized spacial score (nSPS) is 24.3. The summed E-state index contributed by atoms with van der Waals surface area (Å²) in [4.78, 5) is 37.1. The van der Waals surface area contributed by atoms with Crippen molar-refractivity contribution in [2.45, 2.75) is 36.8 Å². The van der Waals surface area contributed by atoms with E-state index in [0.717, 1.165) is 12.2 Å². The molecule has 38 heavy (non-hydrogen) atoms. The first-order chi connectivity index (χ1) is 18.1. The molecule has 2 bridgehead atoms. The summed E-state index contributed by atoms with van der Waals surface area (Å²) in [6.07, 6.45) is 1.38. The number of benzene rings is 2. The van der Waals surface area contributed by atoms with Gasteiger partial charge in [0.25, 0.3) is 0 Å². The van der Waals surface area contributed by atoms with Crippen LogP contribution in [0.5, 0.6) is 23.0 Å². The molecule has 5 rings (SSSR count).